The minimum atomic E-state index is -0.534. The number of nitrogens with one attached hydrogen (secondary N) is 1. The molecule has 9 heteroatoms. The lowest BCUT2D eigenvalue weighted by atomic mass is 9.82. The van der Waals surface area contributed by atoms with Crippen LogP contribution in [0.4, 0.5) is 0 Å². The van der Waals surface area contributed by atoms with Crippen molar-refractivity contribution in [1.82, 2.24) is 10.2 Å². The molecule has 0 aliphatic carbocycles. The third-order valence-electron chi connectivity index (χ3n) is 5.34. The number of allylic oxidation sites excluding steroid dienone is 1. The molecule has 3 aromatic rings. The molecule has 0 bridgehead atoms. The summed E-state index contributed by atoms with van der Waals surface area (Å²) in [7, 11) is 3.17. The summed E-state index contributed by atoms with van der Waals surface area (Å²) in [4.78, 5) is 0. The lowest BCUT2D eigenvalue weighted by Crippen LogP contribution is -2.21. The molecule has 1 aromatic heterocycles. The Morgan fingerprint density at radius 2 is 1.97 bits per heavy atom. The van der Waals surface area contributed by atoms with E-state index in [4.69, 9.17) is 29.4 Å². The van der Waals surface area contributed by atoms with Crippen molar-refractivity contribution in [3.63, 3.8) is 0 Å². The van der Waals surface area contributed by atoms with Crippen LogP contribution in [0.2, 0.25) is 0 Å². The Labute approximate surface area is 177 Å². The number of nitrogens with two attached hydrogens (primary N) is 1. The number of fused-ring (bicyclic) bond motifs is 2. The summed E-state index contributed by atoms with van der Waals surface area (Å²) in [6.07, 6.45) is 0. The van der Waals surface area contributed by atoms with E-state index in [1.807, 2.05) is 24.3 Å². The number of ether oxygens (including phenoxy) is 5. The summed E-state index contributed by atoms with van der Waals surface area (Å²) in [6, 6.07) is 13.1. The van der Waals surface area contributed by atoms with Gasteiger partial charge in [-0.3, -0.25) is 5.10 Å². The van der Waals surface area contributed by atoms with E-state index in [0.717, 1.165) is 5.56 Å². The van der Waals surface area contributed by atoms with Crippen LogP contribution in [0.5, 0.6) is 28.9 Å². The second-order valence-corrected chi connectivity index (χ2v) is 6.92. The molecule has 3 heterocycles. The van der Waals surface area contributed by atoms with Crippen molar-refractivity contribution >= 4 is 0 Å². The SMILES string of the molecule is COc1ccc(OC)c(-c2[nH]nc3c2C(c2ccc4c(c2)OCO4)C(C#N)=C(N)O3)c1. The van der Waals surface area contributed by atoms with Crippen LogP contribution >= 0.6 is 0 Å². The maximum Gasteiger partial charge on any atom is 0.244 e. The van der Waals surface area contributed by atoms with Crippen LogP contribution in [0.3, 0.4) is 0 Å². The van der Waals surface area contributed by atoms with Gasteiger partial charge in [-0.1, -0.05) is 6.07 Å². The fraction of sp³-hybridized carbons (Fsp3) is 0.182. The van der Waals surface area contributed by atoms with Crippen molar-refractivity contribution in [2.75, 3.05) is 21.0 Å². The summed E-state index contributed by atoms with van der Waals surface area (Å²) in [5.41, 5.74) is 9.15. The second kappa shape index (κ2) is 7.18. The summed E-state index contributed by atoms with van der Waals surface area (Å²) in [5.74, 6) is 2.27. The monoisotopic (exact) mass is 418 g/mol. The molecule has 2 aromatic carbocycles. The summed E-state index contributed by atoms with van der Waals surface area (Å²) < 4.78 is 27.6. The molecule has 0 amide bonds. The first kappa shape index (κ1) is 18.7. The molecule has 1 atom stereocenters. The zero-order valence-corrected chi connectivity index (χ0v) is 16.8. The lowest BCUT2D eigenvalue weighted by Gasteiger charge is -2.24. The van der Waals surface area contributed by atoms with Crippen LogP contribution in [-0.2, 0) is 0 Å². The third kappa shape index (κ3) is 2.88. The van der Waals surface area contributed by atoms with E-state index >= 15 is 0 Å². The number of aromatic nitrogens is 2. The van der Waals surface area contributed by atoms with Crippen molar-refractivity contribution in [2.24, 2.45) is 5.73 Å². The van der Waals surface area contributed by atoms with E-state index in [9.17, 15) is 5.26 Å². The van der Waals surface area contributed by atoms with Gasteiger partial charge >= 0.3 is 0 Å². The Kier molecular flexibility index (Phi) is 4.33. The van der Waals surface area contributed by atoms with Gasteiger partial charge in [0.1, 0.15) is 23.1 Å². The van der Waals surface area contributed by atoms with E-state index < -0.39 is 5.92 Å². The van der Waals surface area contributed by atoms with Crippen LogP contribution in [0.25, 0.3) is 11.3 Å². The number of hydrogen-bond acceptors (Lipinski definition) is 8. The molecule has 5 rings (SSSR count). The summed E-state index contributed by atoms with van der Waals surface area (Å²) in [6.45, 7) is 0.152. The smallest absolute Gasteiger partial charge is 0.244 e. The van der Waals surface area contributed by atoms with Gasteiger partial charge in [-0.2, -0.15) is 5.26 Å². The second-order valence-electron chi connectivity index (χ2n) is 6.92. The van der Waals surface area contributed by atoms with Crippen LogP contribution in [0.1, 0.15) is 17.0 Å². The number of nitrogens with zero attached hydrogens (tertiary/aromatic N) is 2. The highest BCUT2D eigenvalue weighted by molar-refractivity contribution is 5.76. The molecular formula is C22H18N4O5. The van der Waals surface area contributed by atoms with Crippen molar-refractivity contribution in [3.8, 4) is 46.2 Å². The molecule has 31 heavy (non-hydrogen) atoms. The van der Waals surface area contributed by atoms with Gasteiger partial charge in [0, 0.05) is 5.56 Å². The van der Waals surface area contributed by atoms with Gasteiger partial charge in [0.15, 0.2) is 11.5 Å². The summed E-state index contributed by atoms with van der Waals surface area (Å²) in [5, 5.41) is 17.2. The molecule has 2 aliphatic rings. The van der Waals surface area contributed by atoms with Gasteiger partial charge in [-0.05, 0) is 35.9 Å². The number of methoxy groups -OCH3 is 2. The van der Waals surface area contributed by atoms with Gasteiger partial charge in [0.25, 0.3) is 0 Å². The average Bonchev–Trinajstić information content (AvgIpc) is 3.43. The van der Waals surface area contributed by atoms with E-state index in [2.05, 4.69) is 16.3 Å². The molecule has 0 radical (unpaired) electrons. The third-order valence-corrected chi connectivity index (χ3v) is 5.34. The first-order valence-corrected chi connectivity index (χ1v) is 9.42. The van der Waals surface area contributed by atoms with Crippen molar-refractivity contribution < 1.29 is 23.7 Å². The molecule has 0 saturated carbocycles. The predicted octanol–water partition coefficient (Wildman–Crippen LogP) is 3.04. The van der Waals surface area contributed by atoms with E-state index in [1.54, 1.807) is 26.4 Å². The fourth-order valence-electron chi connectivity index (χ4n) is 3.89. The minimum absolute atomic E-state index is 0.00771. The number of nitriles is 1. The first-order chi connectivity index (χ1) is 15.1. The van der Waals surface area contributed by atoms with Gasteiger partial charge in [-0.25, -0.2) is 0 Å². The first-order valence-electron chi connectivity index (χ1n) is 9.42. The van der Waals surface area contributed by atoms with Crippen LogP contribution in [-0.4, -0.2) is 31.2 Å². The molecule has 0 fully saturated rings. The minimum Gasteiger partial charge on any atom is -0.497 e. The van der Waals surface area contributed by atoms with E-state index in [0.29, 0.717) is 45.7 Å². The molecule has 0 saturated heterocycles. The van der Waals surface area contributed by atoms with Crippen molar-refractivity contribution in [1.29, 1.82) is 5.26 Å². The molecule has 1 unspecified atom stereocenters. The van der Waals surface area contributed by atoms with Gasteiger partial charge < -0.3 is 29.4 Å². The Bertz CT molecular complexity index is 1260. The lowest BCUT2D eigenvalue weighted by molar-refractivity contribution is 0.174. The average molecular weight is 418 g/mol. The fourth-order valence-corrected chi connectivity index (χ4v) is 3.89. The highest BCUT2D eigenvalue weighted by Crippen LogP contribution is 2.49. The molecule has 3 N–H and O–H groups in total. The highest BCUT2D eigenvalue weighted by atomic mass is 16.7. The Hall–Kier alpha value is -4.32. The quantitative estimate of drug-likeness (QED) is 0.662. The van der Waals surface area contributed by atoms with Crippen LogP contribution in [0, 0.1) is 11.3 Å². The van der Waals surface area contributed by atoms with Crippen LogP contribution in [0.15, 0.2) is 47.9 Å². The topological polar surface area (TPSA) is 125 Å². The zero-order valence-electron chi connectivity index (χ0n) is 16.8. The number of H-pyrrole nitrogens is 1. The molecule has 2 aliphatic heterocycles. The van der Waals surface area contributed by atoms with E-state index in [-0.39, 0.29) is 18.2 Å². The van der Waals surface area contributed by atoms with Crippen molar-refractivity contribution in [2.45, 2.75) is 5.92 Å². The standard InChI is InChI=1S/C22H18N4O5/c1-27-12-4-6-15(28-2)13(8-12)20-19-18(11-3-5-16-17(7-11)30-10-29-16)14(9-23)21(24)31-22(19)26-25-20/h3-8,18H,10,24H2,1-2H3,(H,25,26). The van der Waals surface area contributed by atoms with Gasteiger partial charge in [0.2, 0.25) is 18.6 Å². The van der Waals surface area contributed by atoms with Crippen molar-refractivity contribution in [3.05, 3.63) is 59.0 Å². The largest absolute Gasteiger partial charge is 0.497 e. The van der Waals surface area contributed by atoms with E-state index in [1.165, 1.54) is 0 Å². The number of rotatable bonds is 4. The van der Waals surface area contributed by atoms with Gasteiger partial charge in [0.05, 0.1) is 31.4 Å². The normalized spacial score (nSPS) is 16.4. The number of hydrogen-bond donors (Lipinski definition) is 2. The maximum absolute atomic E-state index is 9.89. The Morgan fingerprint density at radius 1 is 1.13 bits per heavy atom. The molecule has 9 nitrogen and oxygen atoms in total. The zero-order chi connectivity index (χ0) is 21.5. The Balaban J connectivity index is 1.73. The van der Waals surface area contributed by atoms with Crippen LogP contribution < -0.4 is 29.4 Å². The number of benzene rings is 2. The molecular weight excluding hydrogens is 400 g/mol. The summed E-state index contributed by atoms with van der Waals surface area (Å²) >= 11 is 0. The molecule has 0 spiro atoms. The highest BCUT2D eigenvalue weighted by Gasteiger charge is 2.37. The maximum atomic E-state index is 9.89. The Morgan fingerprint density at radius 3 is 2.74 bits per heavy atom. The van der Waals surface area contributed by atoms with Gasteiger partial charge in [-0.15, -0.1) is 5.10 Å². The number of aromatic amines is 1. The molecule has 156 valence electrons. The predicted molar refractivity (Wildman–Crippen MR) is 109 cm³/mol.